The molecule has 0 amide bonds. The fraction of sp³-hybridized carbons (Fsp3) is 0.231. The first-order chi connectivity index (χ1) is 7.75. The van der Waals surface area contributed by atoms with Crippen molar-refractivity contribution >= 4 is 11.6 Å². The molecular weight excluding hydrogens is 222 g/mol. The molecule has 2 nitrogen and oxygen atoms in total. The van der Waals surface area contributed by atoms with Gasteiger partial charge in [-0.15, -0.1) is 0 Å². The molecule has 3 heteroatoms. The van der Waals surface area contributed by atoms with E-state index in [1.807, 2.05) is 49.6 Å². The molecule has 0 fully saturated rings. The average molecular weight is 236 g/mol. The quantitative estimate of drug-likeness (QED) is 0.791. The van der Waals surface area contributed by atoms with Crippen LogP contribution in [0.5, 0.6) is 5.75 Å². The summed E-state index contributed by atoms with van der Waals surface area (Å²) in [5.41, 5.74) is 1.07. The second kappa shape index (κ2) is 5.08. The van der Waals surface area contributed by atoms with Crippen molar-refractivity contribution in [2.45, 2.75) is 13.5 Å². The van der Waals surface area contributed by atoms with Gasteiger partial charge in [0, 0.05) is 17.4 Å². The number of aryl methyl sites for hydroxylation is 1. The topological polar surface area (TPSA) is 14.2 Å². The van der Waals surface area contributed by atoms with Crippen molar-refractivity contribution in [1.29, 1.82) is 0 Å². The molecule has 0 N–H and O–H groups in total. The molecular formula is C13H14ClNO. The van der Waals surface area contributed by atoms with Crippen LogP contribution >= 0.6 is 11.6 Å². The van der Waals surface area contributed by atoms with Crippen molar-refractivity contribution in [2.75, 3.05) is 6.61 Å². The standard InChI is InChI=1S/C13H14ClNO/c1-11-10-12(14)4-5-13(11)16-9-8-15-6-2-3-7-15/h2-7,10H,8-9H2,1H3. The Hall–Kier alpha value is -1.41. The maximum absolute atomic E-state index is 5.87. The third-order valence-electron chi connectivity index (χ3n) is 2.41. The minimum Gasteiger partial charge on any atom is -0.491 e. The maximum Gasteiger partial charge on any atom is 0.122 e. The van der Waals surface area contributed by atoms with Crippen LogP contribution in [0, 0.1) is 6.92 Å². The predicted octanol–water partition coefficient (Wildman–Crippen LogP) is 3.53. The summed E-state index contributed by atoms with van der Waals surface area (Å²) in [6.07, 6.45) is 4.05. The lowest BCUT2D eigenvalue weighted by Gasteiger charge is -2.09. The van der Waals surface area contributed by atoms with Gasteiger partial charge < -0.3 is 9.30 Å². The summed E-state index contributed by atoms with van der Waals surface area (Å²) in [7, 11) is 0. The summed E-state index contributed by atoms with van der Waals surface area (Å²) >= 11 is 5.87. The molecule has 0 unspecified atom stereocenters. The van der Waals surface area contributed by atoms with Gasteiger partial charge in [-0.05, 0) is 42.8 Å². The SMILES string of the molecule is Cc1cc(Cl)ccc1OCCn1cccc1. The fourth-order valence-corrected chi connectivity index (χ4v) is 1.78. The highest BCUT2D eigenvalue weighted by atomic mass is 35.5. The van der Waals surface area contributed by atoms with Crippen molar-refractivity contribution in [1.82, 2.24) is 4.57 Å². The van der Waals surface area contributed by atoms with Crippen LogP contribution in [-0.4, -0.2) is 11.2 Å². The van der Waals surface area contributed by atoms with Crippen molar-refractivity contribution in [3.05, 3.63) is 53.3 Å². The van der Waals surface area contributed by atoms with Gasteiger partial charge >= 0.3 is 0 Å². The first kappa shape index (κ1) is 11.1. The zero-order valence-electron chi connectivity index (χ0n) is 9.19. The van der Waals surface area contributed by atoms with Crippen LogP contribution in [0.1, 0.15) is 5.56 Å². The van der Waals surface area contributed by atoms with Gasteiger partial charge in [0.05, 0.1) is 6.54 Å². The monoisotopic (exact) mass is 235 g/mol. The Morgan fingerprint density at radius 1 is 1.25 bits per heavy atom. The van der Waals surface area contributed by atoms with E-state index in [2.05, 4.69) is 4.57 Å². The third kappa shape index (κ3) is 2.80. The molecule has 84 valence electrons. The minimum atomic E-state index is 0.664. The number of ether oxygens (including phenoxy) is 1. The Kier molecular flexibility index (Phi) is 3.52. The molecule has 16 heavy (non-hydrogen) atoms. The summed E-state index contributed by atoms with van der Waals surface area (Å²) in [6, 6.07) is 9.68. The normalized spacial score (nSPS) is 10.4. The first-order valence-electron chi connectivity index (χ1n) is 5.25. The number of halogens is 1. The van der Waals surface area contributed by atoms with Crippen LogP contribution in [0.15, 0.2) is 42.7 Å². The summed E-state index contributed by atoms with van der Waals surface area (Å²) in [6.45, 7) is 3.52. The molecule has 2 rings (SSSR count). The van der Waals surface area contributed by atoms with Crippen molar-refractivity contribution in [2.24, 2.45) is 0 Å². The number of hydrogen-bond acceptors (Lipinski definition) is 1. The Morgan fingerprint density at radius 3 is 2.69 bits per heavy atom. The Labute approximate surface area is 100 Å². The van der Waals surface area contributed by atoms with Crippen molar-refractivity contribution in [3.8, 4) is 5.75 Å². The summed E-state index contributed by atoms with van der Waals surface area (Å²) in [4.78, 5) is 0. The van der Waals surface area contributed by atoms with Crippen LogP contribution in [-0.2, 0) is 6.54 Å². The highest BCUT2D eigenvalue weighted by Crippen LogP contribution is 2.21. The molecule has 0 aliphatic heterocycles. The number of rotatable bonds is 4. The van der Waals surface area contributed by atoms with Crippen LogP contribution in [0.2, 0.25) is 5.02 Å². The molecule has 0 saturated carbocycles. The average Bonchev–Trinajstić information content (AvgIpc) is 2.74. The maximum atomic E-state index is 5.87. The number of nitrogens with zero attached hydrogens (tertiary/aromatic N) is 1. The molecule has 2 aromatic rings. The largest absolute Gasteiger partial charge is 0.491 e. The second-order valence-corrected chi connectivity index (χ2v) is 4.12. The molecule has 0 saturated heterocycles. The van der Waals surface area contributed by atoms with Gasteiger partial charge in [0.15, 0.2) is 0 Å². The highest BCUT2D eigenvalue weighted by molar-refractivity contribution is 6.30. The molecule has 0 bridgehead atoms. The Morgan fingerprint density at radius 2 is 2.00 bits per heavy atom. The van der Waals surface area contributed by atoms with Crippen molar-refractivity contribution in [3.63, 3.8) is 0 Å². The lowest BCUT2D eigenvalue weighted by Crippen LogP contribution is -2.06. The smallest absolute Gasteiger partial charge is 0.122 e. The number of hydrogen-bond donors (Lipinski definition) is 0. The second-order valence-electron chi connectivity index (χ2n) is 3.68. The van der Waals surface area contributed by atoms with Gasteiger partial charge in [0.1, 0.15) is 12.4 Å². The summed E-state index contributed by atoms with van der Waals surface area (Å²) in [5, 5.41) is 0.746. The Bertz CT molecular complexity index is 451. The molecule has 1 aromatic heterocycles. The van der Waals surface area contributed by atoms with E-state index in [-0.39, 0.29) is 0 Å². The predicted molar refractivity (Wildman–Crippen MR) is 66.1 cm³/mol. The van der Waals surface area contributed by atoms with E-state index < -0.39 is 0 Å². The van der Waals surface area contributed by atoms with Gasteiger partial charge in [0.2, 0.25) is 0 Å². The van der Waals surface area contributed by atoms with Gasteiger partial charge in [-0.2, -0.15) is 0 Å². The first-order valence-corrected chi connectivity index (χ1v) is 5.63. The molecule has 0 aliphatic carbocycles. The van der Waals surface area contributed by atoms with E-state index >= 15 is 0 Å². The van der Waals surface area contributed by atoms with Gasteiger partial charge in [-0.25, -0.2) is 0 Å². The molecule has 0 spiro atoms. The van der Waals surface area contributed by atoms with E-state index in [0.29, 0.717) is 6.61 Å². The third-order valence-corrected chi connectivity index (χ3v) is 2.65. The molecule has 1 heterocycles. The van der Waals surface area contributed by atoms with Crippen molar-refractivity contribution < 1.29 is 4.74 Å². The summed E-state index contributed by atoms with van der Waals surface area (Å²) in [5.74, 6) is 0.900. The Balaban J connectivity index is 1.90. The van der Waals surface area contributed by atoms with E-state index in [1.54, 1.807) is 0 Å². The van der Waals surface area contributed by atoms with E-state index in [1.165, 1.54) is 0 Å². The van der Waals surface area contributed by atoms with E-state index in [9.17, 15) is 0 Å². The van der Waals surface area contributed by atoms with Crippen LogP contribution in [0.25, 0.3) is 0 Å². The number of aromatic nitrogens is 1. The molecule has 0 aliphatic rings. The fourth-order valence-electron chi connectivity index (χ4n) is 1.56. The lowest BCUT2D eigenvalue weighted by atomic mass is 10.2. The van der Waals surface area contributed by atoms with Gasteiger partial charge in [-0.3, -0.25) is 0 Å². The van der Waals surface area contributed by atoms with Gasteiger partial charge in [-0.1, -0.05) is 11.6 Å². The molecule has 0 atom stereocenters. The van der Waals surface area contributed by atoms with Crippen LogP contribution in [0.4, 0.5) is 0 Å². The van der Waals surface area contributed by atoms with Gasteiger partial charge in [0.25, 0.3) is 0 Å². The zero-order valence-corrected chi connectivity index (χ0v) is 9.95. The molecule has 0 radical (unpaired) electrons. The van der Waals surface area contributed by atoms with Crippen LogP contribution in [0.3, 0.4) is 0 Å². The lowest BCUT2D eigenvalue weighted by molar-refractivity contribution is 0.296. The summed E-state index contributed by atoms with van der Waals surface area (Å²) < 4.78 is 7.77. The van der Waals surface area contributed by atoms with Crippen LogP contribution < -0.4 is 4.74 Å². The zero-order chi connectivity index (χ0) is 11.4. The van der Waals surface area contributed by atoms with E-state index in [4.69, 9.17) is 16.3 Å². The minimum absolute atomic E-state index is 0.664. The highest BCUT2D eigenvalue weighted by Gasteiger charge is 1.99. The number of benzene rings is 1. The van der Waals surface area contributed by atoms with E-state index in [0.717, 1.165) is 22.9 Å². The molecule has 1 aromatic carbocycles.